The number of hydrogen-bond acceptors (Lipinski definition) is 4. The molecule has 0 spiro atoms. The van der Waals surface area contributed by atoms with Crippen LogP contribution < -0.4 is 0 Å². The Kier molecular flexibility index (Phi) is 4.40. The summed E-state index contributed by atoms with van der Waals surface area (Å²) >= 11 is 5.93. The molecular formula is C17H16ClN3O3. The number of hydrogen-bond donors (Lipinski definition) is 1. The number of rotatable bonds is 5. The number of aryl methyl sites for hydroxylation is 1. The molecule has 0 radical (unpaired) electrons. The first kappa shape index (κ1) is 16.3. The smallest absolute Gasteiger partial charge is 0.314 e. The minimum Gasteiger partial charge on any atom is -0.481 e. The van der Waals surface area contributed by atoms with Crippen LogP contribution in [-0.2, 0) is 11.2 Å². The number of benzene rings is 1. The van der Waals surface area contributed by atoms with Crippen LogP contribution in [0.15, 0.2) is 41.1 Å². The van der Waals surface area contributed by atoms with Gasteiger partial charge in [0.2, 0.25) is 0 Å². The average molecular weight is 346 g/mol. The van der Waals surface area contributed by atoms with E-state index in [1.54, 1.807) is 48.1 Å². The van der Waals surface area contributed by atoms with Crippen molar-refractivity contribution in [3.8, 4) is 17.3 Å². The number of nitrogens with zero attached hydrogens (tertiary/aromatic N) is 3. The molecule has 0 amide bonds. The number of imidazole rings is 1. The molecule has 0 saturated heterocycles. The lowest BCUT2D eigenvalue weighted by Gasteiger charge is -2.05. The molecule has 0 bridgehead atoms. The third-order valence-corrected chi connectivity index (χ3v) is 4.02. The van der Waals surface area contributed by atoms with Crippen LogP contribution in [0.25, 0.3) is 17.3 Å². The lowest BCUT2D eigenvalue weighted by Crippen LogP contribution is -2.07. The third kappa shape index (κ3) is 2.92. The topological polar surface area (TPSA) is 81.2 Å². The number of carboxylic acids is 1. The molecule has 24 heavy (non-hydrogen) atoms. The Hall–Kier alpha value is -2.60. The molecule has 7 heteroatoms. The van der Waals surface area contributed by atoms with Gasteiger partial charge in [0.15, 0.2) is 0 Å². The van der Waals surface area contributed by atoms with Crippen molar-refractivity contribution in [3.63, 3.8) is 0 Å². The Morgan fingerprint density at radius 3 is 2.71 bits per heavy atom. The highest BCUT2D eigenvalue weighted by molar-refractivity contribution is 6.30. The lowest BCUT2D eigenvalue weighted by atomic mass is 10.0. The molecule has 0 saturated carbocycles. The second-order valence-electron chi connectivity index (χ2n) is 5.34. The zero-order chi connectivity index (χ0) is 17.3. The van der Waals surface area contributed by atoms with Gasteiger partial charge in [0.05, 0.1) is 0 Å². The molecule has 0 aliphatic heterocycles. The maximum absolute atomic E-state index is 11.4. The molecule has 2 aromatic heterocycles. The maximum atomic E-state index is 11.4. The standard InChI is InChI=1S/C17H16ClN3O3/c1-3-13-19-8-9-21(13)17-20-14(11-4-6-12(18)7-5-11)15(24-17)10(2)16(22)23/h4-10H,3H2,1-2H3,(H,22,23). The van der Waals surface area contributed by atoms with E-state index in [1.165, 1.54) is 0 Å². The minimum absolute atomic E-state index is 0.301. The Morgan fingerprint density at radius 1 is 1.38 bits per heavy atom. The van der Waals surface area contributed by atoms with Crippen molar-refractivity contribution < 1.29 is 14.3 Å². The van der Waals surface area contributed by atoms with Crippen LogP contribution in [0.4, 0.5) is 0 Å². The second-order valence-corrected chi connectivity index (χ2v) is 5.78. The highest BCUT2D eigenvalue weighted by atomic mass is 35.5. The molecule has 0 aliphatic rings. The summed E-state index contributed by atoms with van der Waals surface area (Å²) in [4.78, 5) is 20.2. The largest absolute Gasteiger partial charge is 0.481 e. The van der Waals surface area contributed by atoms with E-state index >= 15 is 0 Å². The molecule has 3 rings (SSSR count). The molecule has 1 atom stereocenters. The zero-order valence-corrected chi connectivity index (χ0v) is 14.0. The fraction of sp³-hybridized carbons (Fsp3) is 0.235. The Morgan fingerprint density at radius 2 is 2.08 bits per heavy atom. The van der Waals surface area contributed by atoms with Gasteiger partial charge in [-0.15, -0.1) is 0 Å². The summed E-state index contributed by atoms with van der Waals surface area (Å²) in [6, 6.07) is 7.34. The maximum Gasteiger partial charge on any atom is 0.314 e. The van der Waals surface area contributed by atoms with Gasteiger partial charge in [-0.3, -0.25) is 9.36 Å². The molecule has 6 nitrogen and oxygen atoms in total. The molecule has 124 valence electrons. The molecule has 0 aliphatic carbocycles. The van der Waals surface area contributed by atoms with Crippen molar-refractivity contribution in [2.24, 2.45) is 0 Å². The van der Waals surface area contributed by atoms with E-state index in [0.29, 0.717) is 28.9 Å². The summed E-state index contributed by atoms with van der Waals surface area (Å²) < 4.78 is 7.53. The van der Waals surface area contributed by atoms with Crippen molar-refractivity contribution >= 4 is 17.6 Å². The first-order valence-corrected chi connectivity index (χ1v) is 7.91. The summed E-state index contributed by atoms with van der Waals surface area (Å²) in [5, 5.41) is 9.96. The van der Waals surface area contributed by atoms with E-state index in [9.17, 15) is 9.90 Å². The van der Waals surface area contributed by atoms with E-state index in [0.717, 1.165) is 11.4 Å². The predicted molar refractivity (Wildman–Crippen MR) is 89.5 cm³/mol. The Bertz CT molecular complexity index is 868. The van der Waals surface area contributed by atoms with E-state index in [2.05, 4.69) is 9.97 Å². The molecule has 3 aromatic rings. The van der Waals surface area contributed by atoms with Crippen LogP contribution in [-0.4, -0.2) is 25.6 Å². The summed E-state index contributed by atoms with van der Waals surface area (Å²) in [5.41, 5.74) is 1.24. The fourth-order valence-corrected chi connectivity index (χ4v) is 2.54. The number of aromatic nitrogens is 3. The van der Waals surface area contributed by atoms with Crippen molar-refractivity contribution in [2.75, 3.05) is 0 Å². The van der Waals surface area contributed by atoms with Crippen LogP contribution in [0.1, 0.15) is 31.4 Å². The molecule has 1 N–H and O–H groups in total. The lowest BCUT2D eigenvalue weighted by molar-refractivity contribution is -0.138. The van der Waals surface area contributed by atoms with E-state index in [1.807, 2.05) is 6.92 Å². The van der Waals surface area contributed by atoms with Gasteiger partial charge in [-0.2, -0.15) is 4.98 Å². The van der Waals surface area contributed by atoms with Crippen molar-refractivity contribution in [1.82, 2.24) is 14.5 Å². The first-order valence-electron chi connectivity index (χ1n) is 7.53. The van der Waals surface area contributed by atoms with E-state index < -0.39 is 11.9 Å². The van der Waals surface area contributed by atoms with Gasteiger partial charge >= 0.3 is 12.0 Å². The van der Waals surface area contributed by atoms with Crippen molar-refractivity contribution in [3.05, 3.63) is 53.3 Å². The zero-order valence-electron chi connectivity index (χ0n) is 13.2. The van der Waals surface area contributed by atoms with Gasteiger partial charge in [-0.25, -0.2) is 4.98 Å². The summed E-state index contributed by atoms with van der Waals surface area (Å²) in [6.45, 7) is 3.54. The fourth-order valence-electron chi connectivity index (χ4n) is 2.41. The van der Waals surface area contributed by atoms with Crippen LogP contribution in [0, 0.1) is 0 Å². The van der Waals surface area contributed by atoms with Crippen molar-refractivity contribution in [1.29, 1.82) is 0 Å². The monoisotopic (exact) mass is 345 g/mol. The van der Waals surface area contributed by atoms with Crippen LogP contribution in [0.3, 0.4) is 0 Å². The van der Waals surface area contributed by atoms with E-state index in [-0.39, 0.29) is 0 Å². The summed E-state index contributed by atoms with van der Waals surface area (Å²) in [5.74, 6) is -0.719. The minimum atomic E-state index is -0.978. The second kappa shape index (κ2) is 6.49. The third-order valence-electron chi connectivity index (χ3n) is 3.76. The molecule has 1 unspecified atom stereocenters. The van der Waals surface area contributed by atoms with Gasteiger partial charge in [-0.05, 0) is 19.1 Å². The average Bonchev–Trinajstić information content (AvgIpc) is 3.21. The number of halogens is 1. The summed E-state index contributed by atoms with van der Waals surface area (Å²) in [7, 11) is 0. The SMILES string of the molecule is CCc1nccn1-c1nc(-c2ccc(Cl)cc2)c(C(C)C(=O)O)o1. The van der Waals surface area contributed by atoms with Gasteiger partial charge in [0, 0.05) is 29.4 Å². The molecule has 2 heterocycles. The van der Waals surface area contributed by atoms with E-state index in [4.69, 9.17) is 16.0 Å². The van der Waals surface area contributed by atoms with Crippen LogP contribution >= 0.6 is 11.6 Å². The number of oxazole rings is 1. The van der Waals surface area contributed by atoms with Crippen molar-refractivity contribution in [2.45, 2.75) is 26.2 Å². The number of carbonyl (C=O) groups is 1. The number of aliphatic carboxylic acids is 1. The first-order chi connectivity index (χ1) is 11.5. The predicted octanol–water partition coefficient (Wildman–Crippen LogP) is 3.93. The molecule has 0 fully saturated rings. The quantitative estimate of drug-likeness (QED) is 0.757. The van der Waals surface area contributed by atoms with Gasteiger partial charge in [0.1, 0.15) is 23.2 Å². The summed E-state index contributed by atoms with van der Waals surface area (Å²) in [6.07, 6.45) is 4.10. The van der Waals surface area contributed by atoms with Gasteiger partial charge in [-0.1, -0.05) is 30.7 Å². The molecular weight excluding hydrogens is 330 g/mol. The van der Waals surface area contributed by atoms with Gasteiger partial charge < -0.3 is 9.52 Å². The van der Waals surface area contributed by atoms with Crippen LogP contribution in [0.5, 0.6) is 0 Å². The van der Waals surface area contributed by atoms with Gasteiger partial charge in [0.25, 0.3) is 0 Å². The highest BCUT2D eigenvalue weighted by Gasteiger charge is 2.26. The Labute approximate surface area is 143 Å². The number of carboxylic acid groups (broad SMARTS) is 1. The Balaban J connectivity index is 2.16. The normalized spacial score (nSPS) is 12.3. The van der Waals surface area contributed by atoms with Crippen LogP contribution in [0.2, 0.25) is 5.02 Å². The molecule has 1 aromatic carbocycles. The highest BCUT2D eigenvalue weighted by Crippen LogP contribution is 2.32.